The molecule has 1 aromatic heterocycles. The van der Waals surface area contributed by atoms with E-state index in [1.165, 1.54) is 24.3 Å². The summed E-state index contributed by atoms with van der Waals surface area (Å²) in [5, 5.41) is 3.35. The van der Waals surface area contributed by atoms with Crippen LogP contribution in [0.1, 0.15) is 15.4 Å². The SMILES string of the molecule is Cc1nc(NS(=O)(=O)c2ccc(Cl)cc2)sc1C(=O)Nc1ccc(N(C)C)cc1. The number of anilines is 3. The summed E-state index contributed by atoms with van der Waals surface area (Å²) in [5.41, 5.74) is 2.08. The van der Waals surface area contributed by atoms with Gasteiger partial charge < -0.3 is 10.2 Å². The van der Waals surface area contributed by atoms with Crippen molar-refractivity contribution in [1.29, 1.82) is 0 Å². The number of carbonyl (C=O) groups is 1. The lowest BCUT2D eigenvalue weighted by molar-refractivity contribution is 0.103. The molecular weight excluding hydrogens is 432 g/mol. The van der Waals surface area contributed by atoms with Crippen molar-refractivity contribution in [1.82, 2.24) is 4.98 Å². The Kier molecular flexibility index (Phi) is 6.11. The molecule has 3 rings (SSSR count). The average Bonchev–Trinajstić information content (AvgIpc) is 3.02. The Morgan fingerprint density at radius 2 is 1.69 bits per heavy atom. The Bertz CT molecular complexity index is 1130. The van der Waals surface area contributed by atoms with Gasteiger partial charge in [0.05, 0.1) is 10.6 Å². The number of sulfonamides is 1. The van der Waals surface area contributed by atoms with Crippen molar-refractivity contribution in [3.8, 4) is 0 Å². The summed E-state index contributed by atoms with van der Waals surface area (Å²) in [6.45, 7) is 1.65. The highest BCUT2D eigenvalue weighted by atomic mass is 35.5. The summed E-state index contributed by atoms with van der Waals surface area (Å²) in [7, 11) is 0.0347. The van der Waals surface area contributed by atoms with E-state index in [9.17, 15) is 13.2 Å². The Morgan fingerprint density at radius 3 is 2.28 bits per heavy atom. The van der Waals surface area contributed by atoms with Crippen molar-refractivity contribution in [3.05, 3.63) is 64.1 Å². The molecule has 0 unspecified atom stereocenters. The third-order valence-electron chi connectivity index (χ3n) is 3.99. The van der Waals surface area contributed by atoms with Gasteiger partial charge in [-0.2, -0.15) is 0 Å². The molecule has 2 N–H and O–H groups in total. The molecule has 0 aliphatic rings. The van der Waals surface area contributed by atoms with Crippen LogP contribution in [0.4, 0.5) is 16.5 Å². The van der Waals surface area contributed by atoms with Crippen LogP contribution in [0.5, 0.6) is 0 Å². The van der Waals surface area contributed by atoms with E-state index < -0.39 is 10.0 Å². The van der Waals surface area contributed by atoms with Crippen LogP contribution in [0, 0.1) is 6.92 Å². The van der Waals surface area contributed by atoms with Crippen LogP contribution in [0.25, 0.3) is 0 Å². The summed E-state index contributed by atoms with van der Waals surface area (Å²) >= 11 is 6.77. The first-order valence-electron chi connectivity index (χ1n) is 8.50. The molecule has 0 aliphatic heterocycles. The zero-order valence-corrected chi connectivity index (χ0v) is 18.3. The number of rotatable bonds is 6. The number of thiazole rings is 1. The van der Waals surface area contributed by atoms with E-state index in [-0.39, 0.29) is 15.9 Å². The first-order chi connectivity index (χ1) is 13.7. The maximum absolute atomic E-state index is 12.6. The fraction of sp³-hybridized carbons (Fsp3) is 0.158. The van der Waals surface area contributed by atoms with Crippen molar-refractivity contribution < 1.29 is 13.2 Å². The number of aromatic nitrogens is 1. The van der Waals surface area contributed by atoms with Crippen LogP contribution in [-0.4, -0.2) is 33.4 Å². The first-order valence-corrected chi connectivity index (χ1v) is 11.2. The second-order valence-electron chi connectivity index (χ2n) is 6.39. The lowest BCUT2D eigenvalue weighted by Gasteiger charge is -2.12. The van der Waals surface area contributed by atoms with Gasteiger partial charge in [0.15, 0.2) is 5.13 Å². The fourth-order valence-electron chi connectivity index (χ4n) is 2.47. The molecule has 10 heteroatoms. The maximum atomic E-state index is 12.6. The lowest BCUT2D eigenvalue weighted by Crippen LogP contribution is -2.12. The molecule has 0 bridgehead atoms. The number of halogens is 1. The minimum absolute atomic E-state index is 0.0572. The van der Waals surface area contributed by atoms with Crippen LogP contribution < -0.4 is 14.9 Å². The molecule has 2 aromatic carbocycles. The second-order valence-corrected chi connectivity index (χ2v) is 9.51. The Balaban J connectivity index is 1.75. The van der Waals surface area contributed by atoms with Gasteiger partial charge >= 0.3 is 0 Å². The summed E-state index contributed by atoms with van der Waals surface area (Å²) in [5.74, 6) is -0.352. The molecule has 152 valence electrons. The molecule has 0 spiro atoms. The number of benzene rings is 2. The number of nitrogens with zero attached hydrogens (tertiary/aromatic N) is 2. The van der Waals surface area contributed by atoms with Gasteiger partial charge in [-0.3, -0.25) is 9.52 Å². The highest BCUT2D eigenvalue weighted by molar-refractivity contribution is 7.93. The van der Waals surface area contributed by atoms with Crippen molar-refractivity contribution in [2.75, 3.05) is 29.0 Å². The standard InChI is InChI=1S/C19H19ClN4O3S2/c1-12-17(18(25)22-14-6-8-15(9-7-14)24(2)3)28-19(21-12)23-29(26,27)16-10-4-13(20)5-11-16/h4-11H,1-3H3,(H,21,23)(H,22,25). The summed E-state index contributed by atoms with van der Waals surface area (Å²) in [4.78, 5) is 19.1. The fourth-order valence-corrected chi connectivity index (χ4v) is 4.69. The minimum atomic E-state index is -3.83. The van der Waals surface area contributed by atoms with Crippen LogP contribution in [-0.2, 0) is 10.0 Å². The zero-order chi connectivity index (χ0) is 21.2. The van der Waals surface area contributed by atoms with Crippen LogP contribution in [0.2, 0.25) is 5.02 Å². The van der Waals surface area contributed by atoms with E-state index in [0.717, 1.165) is 17.0 Å². The number of hydrogen-bond donors (Lipinski definition) is 2. The number of carbonyl (C=O) groups excluding carboxylic acids is 1. The van der Waals surface area contributed by atoms with E-state index in [4.69, 9.17) is 11.6 Å². The minimum Gasteiger partial charge on any atom is -0.378 e. The number of aryl methyl sites for hydroxylation is 1. The quantitative estimate of drug-likeness (QED) is 0.586. The summed E-state index contributed by atoms with van der Waals surface area (Å²) in [6.07, 6.45) is 0. The Labute approximate surface area is 178 Å². The van der Waals surface area contributed by atoms with Crippen LogP contribution in [0.15, 0.2) is 53.4 Å². The van der Waals surface area contributed by atoms with Gasteiger partial charge in [-0.05, 0) is 55.5 Å². The van der Waals surface area contributed by atoms with Gasteiger partial charge in [0.2, 0.25) is 0 Å². The average molecular weight is 451 g/mol. The molecule has 0 atom stereocenters. The van der Waals surface area contributed by atoms with E-state index in [0.29, 0.717) is 21.3 Å². The third kappa shape index (κ3) is 5.06. The molecule has 0 fully saturated rings. The lowest BCUT2D eigenvalue weighted by atomic mass is 10.2. The monoisotopic (exact) mass is 450 g/mol. The smallest absolute Gasteiger partial charge is 0.267 e. The van der Waals surface area contributed by atoms with E-state index in [1.807, 2.05) is 31.1 Å². The third-order valence-corrected chi connectivity index (χ3v) is 6.80. The van der Waals surface area contributed by atoms with Crippen LogP contribution in [0.3, 0.4) is 0 Å². The molecule has 0 saturated carbocycles. The van der Waals surface area contributed by atoms with Gasteiger partial charge in [0.25, 0.3) is 15.9 Å². The highest BCUT2D eigenvalue weighted by Crippen LogP contribution is 2.27. The summed E-state index contributed by atoms with van der Waals surface area (Å²) < 4.78 is 27.4. The van der Waals surface area contributed by atoms with Crippen molar-refractivity contribution in [2.45, 2.75) is 11.8 Å². The molecule has 1 amide bonds. The highest BCUT2D eigenvalue weighted by Gasteiger charge is 2.20. The largest absolute Gasteiger partial charge is 0.378 e. The van der Waals surface area contributed by atoms with E-state index in [2.05, 4.69) is 15.0 Å². The van der Waals surface area contributed by atoms with Crippen molar-refractivity contribution in [3.63, 3.8) is 0 Å². The summed E-state index contributed by atoms with van der Waals surface area (Å²) in [6, 6.07) is 13.2. The predicted octanol–water partition coefficient (Wildman–Crippen LogP) is 4.22. The van der Waals surface area contributed by atoms with E-state index >= 15 is 0 Å². The number of amides is 1. The number of hydrogen-bond acceptors (Lipinski definition) is 6. The molecule has 1 heterocycles. The van der Waals surface area contributed by atoms with Gasteiger partial charge in [-0.25, -0.2) is 13.4 Å². The van der Waals surface area contributed by atoms with Gasteiger partial charge in [-0.1, -0.05) is 22.9 Å². The van der Waals surface area contributed by atoms with Crippen LogP contribution >= 0.6 is 22.9 Å². The second kappa shape index (κ2) is 8.40. The first kappa shape index (κ1) is 21.1. The normalized spacial score (nSPS) is 11.2. The molecule has 0 aliphatic carbocycles. The number of nitrogens with one attached hydrogen (secondary N) is 2. The van der Waals surface area contributed by atoms with E-state index in [1.54, 1.807) is 19.1 Å². The molecular formula is C19H19ClN4O3S2. The topological polar surface area (TPSA) is 91.4 Å². The predicted molar refractivity (Wildman–Crippen MR) is 118 cm³/mol. The van der Waals surface area contributed by atoms with Gasteiger partial charge in [-0.15, -0.1) is 0 Å². The Morgan fingerprint density at radius 1 is 1.07 bits per heavy atom. The molecule has 3 aromatic rings. The van der Waals surface area contributed by atoms with Crippen molar-refractivity contribution >= 4 is 55.4 Å². The Hall–Kier alpha value is -2.62. The van der Waals surface area contributed by atoms with Gasteiger partial charge in [0, 0.05) is 30.5 Å². The molecule has 29 heavy (non-hydrogen) atoms. The zero-order valence-electron chi connectivity index (χ0n) is 15.9. The van der Waals surface area contributed by atoms with Crippen molar-refractivity contribution in [2.24, 2.45) is 0 Å². The molecule has 7 nitrogen and oxygen atoms in total. The molecule has 0 saturated heterocycles. The maximum Gasteiger partial charge on any atom is 0.267 e. The van der Waals surface area contributed by atoms with Gasteiger partial charge in [0.1, 0.15) is 4.88 Å². The molecule has 0 radical (unpaired) electrons.